The molecule has 0 heterocycles. The number of phenols is 1. The van der Waals surface area contributed by atoms with E-state index in [2.05, 4.69) is 0 Å². The van der Waals surface area contributed by atoms with E-state index in [0.717, 1.165) is 0 Å². The molecular formula is C12H15NO4. The smallest absolute Gasteiger partial charge is 0.303 e. The molecule has 0 fully saturated rings. The summed E-state index contributed by atoms with van der Waals surface area (Å²) in [6.45, 7) is 0.376. The maximum Gasteiger partial charge on any atom is 0.303 e. The summed E-state index contributed by atoms with van der Waals surface area (Å²) in [7, 11) is 1.61. The SMILES string of the molecule is CN(CCCC(=O)O)C(=O)c1cccc(O)c1. The van der Waals surface area contributed by atoms with Gasteiger partial charge in [0.05, 0.1) is 0 Å². The largest absolute Gasteiger partial charge is 0.508 e. The van der Waals surface area contributed by atoms with Crippen LogP contribution in [0.4, 0.5) is 0 Å². The van der Waals surface area contributed by atoms with Gasteiger partial charge in [0.1, 0.15) is 5.75 Å². The van der Waals surface area contributed by atoms with Gasteiger partial charge in [-0.1, -0.05) is 6.07 Å². The zero-order chi connectivity index (χ0) is 12.8. The number of carbonyl (C=O) groups is 2. The molecule has 0 aliphatic rings. The van der Waals surface area contributed by atoms with E-state index in [1.54, 1.807) is 19.2 Å². The molecular weight excluding hydrogens is 222 g/mol. The topological polar surface area (TPSA) is 77.8 Å². The van der Waals surface area contributed by atoms with Gasteiger partial charge in [-0.15, -0.1) is 0 Å². The number of phenolic OH excluding ortho intramolecular Hbond substituents is 1. The first kappa shape index (κ1) is 13.0. The molecule has 1 aromatic rings. The average molecular weight is 237 g/mol. The third kappa shape index (κ3) is 4.14. The number of hydrogen-bond donors (Lipinski definition) is 2. The highest BCUT2D eigenvalue weighted by Crippen LogP contribution is 2.12. The lowest BCUT2D eigenvalue weighted by Crippen LogP contribution is -2.28. The van der Waals surface area contributed by atoms with Crippen LogP contribution in [0.3, 0.4) is 0 Å². The number of rotatable bonds is 5. The Labute approximate surface area is 99.3 Å². The lowest BCUT2D eigenvalue weighted by atomic mass is 10.2. The summed E-state index contributed by atoms with van der Waals surface area (Å²) in [4.78, 5) is 23.6. The summed E-state index contributed by atoms with van der Waals surface area (Å²) in [5, 5.41) is 17.7. The molecule has 0 saturated heterocycles. The Morgan fingerprint density at radius 1 is 1.35 bits per heavy atom. The predicted octanol–water partition coefficient (Wildman–Crippen LogP) is 1.33. The summed E-state index contributed by atoms with van der Waals surface area (Å²) in [6, 6.07) is 6.07. The molecule has 0 aromatic heterocycles. The van der Waals surface area contributed by atoms with E-state index < -0.39 is 5.97 Å². The number of amides is 1. The van der Waals surface area contributed by atoms with Crippen LogP contribution in [-0.4, -0.2) is 40.6 Å². The van der Waals surface area contributed by atoms with Crippen molar-refractivity contribution in [2.75, 3.05) is 13.6 Å². The van der Waals surface area contributed by atoms with Crippen LogP contribution in [0.25, 0.3) is 0 Å². The molecule has 92 valence electrons. The standard InChI is InChI=1S/C12H15NO4/c1-13(7-3-6-11(15)16)12(17)9-4-2-5-10(14)8-9/h2,4-5,8,14H,3,6-7H2,1H3,(H,15,16). The Hall–Kier alpha value is -2.04. The molecule has 0 atom stereocenters. The molecule has 0 bridgehead atoms. The Kier molecular flexibility index (Phi) is 4.51. The van der Waals surface area contributed by atoms with Gasteiger partial charge in [0, 0.05) is 25.6 Å². The van der Waals surface area contributed by atoms with Crippen LogP contribution in [0.15, 0.2) is 24.3 Å². The van der Waals surface area contributed by atoms with Crippen LogP contribution in [0.1, 0.15) is 23.2 Å². The first-order chi connectivity index (χ1) is 8.00. The fourth-order valence-electron chi connectivity index (χ4n) is 1.43. The van der Waals surface area contributed by atoms with Crippen LogP contribution >= 0.6 is 0 Å². The van der Waals surface area contributed by atoms with Gasteiger partial charge < -0.3 is 15.1 Å². The second-order valence-electron chi connectivity index (χ2n) is 3.77. The number of carboxylic acid groups (broad SMARTS) is 1. The number of carbonyl (C=O) groups excluding carboxylic acids is 1. The van der Waals surface area contributed by atoms with Crippen LogP contribution < -0.4 is 0 Å². The highest BCUT2D eigenvalue weighted by Gasteiger charge is 2.12. The lowest BCUT2D eigenvalue weighted by molar-refractivity contribution is -0.137. The summed E-state index contributed by atoms with van der Waals surface area (Å²) < 4.78 is 0. The van der Waals surface area contributed by atoms with Gasteiger partial charge in [-0.2, -0.15) is 0 Å². The summed E-state index contributed by atoms with van der Waals surface area (Å²) in [6.07, 6.45) is 0.452. The minimum absolute atomic E-state index is 0.0368. The minimum atomic E-state index is -0.872. The van der Waals surface area contributed by atoms with Crippen molar-refractivity contribution in [3.8, 4) is 5.75 Å². The van der Waals surface area contributed by atoms with Crippen molar-refractivity contribution >= 4 is 11.9 Å². The van der Waals surface area contributed by atoms with Crippen molar-refractivity contribution in [2.24, 2.45) is 0 Å². The van der Waals surface area contributed by atoms with Crippen molar-refractivity contribution in [1.82, 2.24) is 4.90 Å². The Morgan fingerprint density at radius 2 is 2.06 bits per heavy atom. The molecule has 0 aliphatic heterocycles. The second-order valence-corrected chi connectivity index (χ2v) is 3.77. The first-order valence-electron chi connectivity index (χ1n) is 5.27. The van der Waals surface area contributed by atoms with Gasteiger partial charge in [-0.3, -0.25) is 9.59 Å². The zero-order valence-electron chi connectivity index (χ0n) is 9.59. The van der Waals surface area contributed by atoms with Gasteiger partial charge in [0.2, 0.25) is 0 Å². The maximum absolute atomic E-state index is 11.8. The van der Waals surface area contributed by atoms with Crippen LogP contribution in [0, 0.1) is 0 Å². The van der Waals surface area contributed by atoms with Crippen molar-refractivity contribution in [3.63, 3.8) is 0 Å². The molecule has 0 spiro atoms. The normalized spacial score (nSPS) is 9.94. The Bertz CT molecular complexity index is 417. The van der Waals surface area contributed by atoms with Crippen molar-refractivity contribution in [3.05, 3.63) is 29.8 Å². The van der Waals surface area contributed by atoms with Crippen molar-refractivity contribution < 1.29 is 19.8 Å². The molecule has 0 aliphatic carbocycles. The van der Waals surface area contributed by atoms with Crippen molar-refractivity contribution in [1.29, 1.82) is 0 Å². The number of hydrogen-bond acceptors (Lipinski definition) is 3. The molecule has 0 saturated carbocycles. The molecule has 17 heavy (non-hydrogen) atoms. The molecule has 5 nitrogen and oxygen atoms in total. The third-order valence-electron chi connectivity index (χ3n) is 2.32. The van der Waals surface area contributed by atoms with E-state index >= 15 is 0 Å². The van der Waals surface area contributed by atoms with E-state index in [1.165, 1.54) is 17.0 Å². The van der Waals surface area contributed by atoms with Gasteiger partial charge in [0.15, 0.2) is 0 Å². The molecule has 2 N–H and O–H groups in total. The Morgan fingerprint density at radius 3 is 2.65 bits per heavy atom. The monoisotopic (exact) mass is 237 g/mol. The van der Waals surface area contributed by atoms with Gasteiger partial charge >= 0.3 is 5.97 Å². The maximum atomic E-state index is 11.8. The minimum Gasteiger partial charge on any atom is -0.508 e. The predicted molar refractivity (Wildman–Crippen MR) is 61.9 cm³/mol. The number of benzene rings is 1. The molecule has 1 rings (SSSR count). The summed E-state index contributed by atoms with van der Waals surface area (Å²) in [5.41, 5.74) is 0.392. The molecule has 5 heteroatoms. The molecule has 0 radical (unpaired) electrons. The average Bonchev–Trinajstić information content (AvgIpc) is 2.27. The second kappa shape index (κ2) is 5.89. The quantitative estimate of drug-likeness (QED) is 0.809. The van der Waals surface area contributed by atoms with Gasteiger partial charge in [-0.05, 0) is 24.6 Å². The number of aliphatic carboxylic acids is 1. The van der Waals surface area contributed by atoms with E-state index in [1.807, 2.05) is 0 Å². The molecule has 1 aromatic carbocycles. The highest BCUT2D eigenvalue weighted by atomic mass is 16.4. The first-order valence-corrected chi connectivity index (χ1v) is 5.27. The van der Waals surface area contributed by atoms with Gasteiger partial charge in [0.25, 0.3) is 5.91 Å². The van der Waals surface area contributed by atoms with E-state index in [0.29, 0.717) is 18.5 Å². The van der Waals surface area contributed by atoms with Crippen molar-refractivity contribution in [2.45, 2.75) is 12.8 Å². The fourth-order valence-corrected chi connectivity index (χ4v) is 1.43. The van der Waals surface area contributed by atoms with Crippen LogP contribution in [0.2, 0.25) is 0 Å². The molecule has 0 unspecified atom stereocenters. The van der Waals surface area contributed by atoms with Crippen LogP contribution in [-0.2, 0) is 4.79 Å². The fraction of sp³-hybridized carbons (Fsp3) is 0.333. The zero-order valence-corrected chi connectivity index (χ0v) is 9.59. The van der Waals surface area contributed by atoms with E-state index in [9.17, 15) is 14.7 Å². The van der Waals surface area contributed by atoms with E-state index in [4.69, 9.17) is 5.11 Å². The number of aromatic hydroxyl groups is 1. The Balaban J connectivity index is 2.54. The van der Waals surface area contributed by atoms with E-state index in [-0.39, 0.29) is 18.1 Å². The lowest BCUT2D eigenvalue weighted by Gasteiger charge is -2.16. The van der Waals surface area contributed by atoms with Crippen LogP contribution in [0.5, 0.6) is 5.75 Å². The third-order valence-corrected chi connectivity index (χ3v) is 2.32. The number of carboxylic acids is 1. The number of nitrogens with zero attached hydrogens (tertiary/aromatic N) is 1. The molecule has 1 amide bonds. The summed E-state index contributed by atoms with van der Waals surface area (Å²) in [5.74, 6) is -1.07. The van der Waals surface area contributed by atoms with Gasteiger partial charge in [-0.25, -0.2) is 0 Å². The highest BCUT2D eigenvalue weighted by molar-refractivity contribution is 5.94. The summed E-state index contributed by atoms with van der Waals surface area (Å²) >= 11 is 0.